The van der Waals surface area contributed by atoms with Crippen molar-refractivity contribution in [3.8, 4) is 5.75 Å². The lowest BCUT2D eigenvalue weighted by Crippen LogP contribution is -2.50. The fourth-order valence-electron chi connectivity index (χ4n) is 2.47. The lowest BCUT2D eigenvalue weighted by Gasteiger charge is -2.30. The fraction of sp³-hybridized carbons (Fsp3) is 0.562. The van der Waals surface area contributed by atoms with E-state index in [9.17, 15) is 4.79 Å². The van der Waals surface area contributed by atoms with Crippen LogP contribution in [0.4, 0.5) is 0 Å². The van der Waals surface area contributed by atoms with Crippen LogP contribution >= 0.6 is 15.9 Å². The van der Waals surface area contributed by atoms with Gasteiger partial charge in [0.15, 0.2) is 0 Å². The highest BCUT2D eigenvalue weighted by molar-refractivity contribution is 9.10. The van der Waals surface area contributed by atoms with Gasteiger partial charge < -0.3 is 15.4 Å². The van der Waals surface area contributed by atoms with E-state index in [2.05, 4.69) is 33.5 Å². The fourth-order valence-corrected chi connectivity index (χ4v) is 2.94. The van der Waals surface area contributed by atoms with Crippen molar-refractivity contribution in [3.05, 3.63) is 28.2 Å². The summed E-state index contributed by atoms with van der Waals surface area (Å²) in [5.41, 5.74) is 0.623. The molecule has 2 rings (SSSR count). The van der Waals surface area contributed by atoms with E-state index in [1.807, 2.05) is 26.0 Å². The number of hydrogen-bond acceptors (Lipinski definition) is 3. The molecule has 1 aliphatic heterocycles. The highest BCUT2D eigenvalue weighted by Crippen LogP contribution is 2.23. The number of hydrogen-bond donors (Lipinski definition) is 2. The minimum absolute atomic E-state index is 0.0505. The number of rotatable bonds is 4. The Morgan fingerprint density at radius 2 is 2.19 bits per heavy atom. The normalized spacial score (nSPS) is 22.1. The number of carbonyl (C=O) groups excluding carboxylic acids is 1. The highest BCUT2D eigenvalue weighted by Gasteiger charge is 2.23. The third-order valence-corrected chi connectivity index (χ3v) is 4.11. The summed E-state index contributed by atoms with van der Waals surface area (Å²) in [4.78, 5) is 12.4. The van der Waals surface area contributed by atoms with Crippen LogP contribution in [0.3, 0.4) is 0 Å². The molecule has 0 spiro atoms. The van der Waals surface area contributed by atoms with Crippen LogP contribution in [0.25, 0.3) is 0 Å². The van der Waals surface area contributed by atoms with Crippen LogP contribution < -0.4 is 15.4 Å². The van der Waals surface area contributed by atoms with Crippen molar-refractivity contribution in [2.75, 3.05) is 13.1 Å². The minimum atomic E-state index is -0.0505. The maximum atomic E-state index is 12.4. The van der Waals surface area contributed by atoms with Crippen LogP contribution in [-0.2, 0) is 0 Å². The molecule has 2 unspecified atom stereocenters. The molecule has 1 fully saturated rings. The molecule has 0 saturated carbocycles. The van der Waals surface area contributed by atoms with Gasteiger partial charge in [-0.25, -0.2) is 0 Å². The first kappa shape index (κ1) is 16.3. The van der Waals surface area contributed by atoms with E-state index >= 15 is 0 Å². The zero-order valence-corrected chi connectivity index (χ0v) is 14.4. The zero-order chi connectivity index (χ0) is 15.4. The van der Waals surface area contributed by atoms with Gasteiger partial charge >= 0.3 is 0 Å². The number of nitrogens with one attached hydrogen (secondary N) is 2. The Kier molecular flexibility index (Phi) is 5.65. The molecule has 0 aromatic heterocycles. The first-order valence-corrected chi connectivity index (χ1v) is 8.24. The summed E-state index contributed by atoms with van der Waals surface area (Å²) in [6.07, 6.45) is 1.17. The molecular weight excluding hydrogens is 332 g/mol. The van der Waals surface area contributed by atoms with Gasteiger partial charge in [-0.2, -0.15) is 0 Å². The van der Waals surface area contributed by atoms with Crippen LogP contribution in [0, 0.1) is 5.92 Å². The molecule has 0 radical (unpaired) electrons. The summed E-state index contributed by atoms with van der Waals surface area (Å²) >= 11 is 3.44. The molecule has 1 aromatic carbocycles. The number of amides is 1. The monoisotopic (exact) mass is 354 g/mol. The molecule has 1 amide bonds. The van der Waals surface area contributed by atoms with Crippen LogP contribution in [0.1, 0.15) is 37.6 Å². The molecule has 4 nitrogen and oxygen atoms in total. The van der Waals surface area contributed by atoms with E-state index in [0.717, 1.165) is 24.0 Å². The van der Waals surface area contributed by atoms with Crippen molar-refractivity contribution in [3.63, 3.8) is 0 Å². The van der Waals surface area contributed by atoms with Crippen molar-refractivity contribution in [1.29, 1.82) is 0 Å². The Morgan fingerprint density at radius 1 is 1.43 bits per heavy atom. The molecule has 1 aromatic rings. The van der Waals surface area contributed by atoms with Crippen LogP contribution in [0.2, 0.25) is 0 Å². The summed E-state index contributed by atoms with van der Waals surface area (Å²) < 4.78 is 6.52. The maximum Gasteiger partial charge on any atom is 0.251 e. The second kappa shape index (κ2) is 7.27. The van der Waals surface area contributed by atoms with E-state index in [1.54, 1.807) is 6.07 Å². The molecular formula is C16H23BrN2O2. The molecule has 2 atom stereocenters. The van der Waals surface area contributed by atoms with Gasteiger partial charge in [-0.15, -0.1) is 0 Å². The largest absolute Gasteiger partial charge is 0.491 e. The van der Waals surface area contributed by atoms with Gasteiger partial charge in [0.25, 0.3) is 5.91 Å². The van der Waals surface area contributed by atoms with Crippen LogP contribution in [0.5, 0.6) is 5.75 Å². The van der Waals surface area contributed by atoms with Crippen LogP contribution in [0.15, 0.2) is 22.7 Å². The summed E-state index contributed by atoms with van der Waals surface area (Å²) in [6.45, 7) is 7.97. The minimum Gasteiger partial charge on any atom is -0.491 e. The van der Waals surface area contributed by atoms with E-state index in [4.69, 9.17) is 4.74 Å². The van der Waals surface area contributed by atoms with Gasteiger partial charge in [0.2, 0.25) is 0 Å². The van der Waals surface area contributed by atoms with Crippen molar-refractivity contribution < 1.29 is 9.53 Å². The predicted octanol–water partition coefficient (Wildman–Crippen LogP) is 2.96. The number of benzene rings is 1. The Labute approximate surface area is 134 Å². The quantitative estimate of drug-likeness (QED) is 0.873. The molecule has 21 heavy (non-hydrogen) atoms. The van der Waals surface area contributed by atoms with Gasteiger partial charge in [0, 0.05) is 22.6 Å². The second-order valence-corrected chi connectivity index (χ2v) is 6.81. The Bertz CT molecular complexity index is 505. The van der Waals surface area contributed by atoms with Gasteiger partial charge in [-0.05, 0) is 50.9 Å². The van der Waals surface area contributed by atoms with Gasteiger partial charge in [-0.1, -0.05) is 22.9 Å². The Balaban J connectivity index is 2.09. The van der Waals surface area contributed by atoms with E-state index in [0.29, 0.717) is 17.2 Å². The first-order chi connectivity index (χ1) is 9.95. The van der Waals surface area contributed by atoms with Crippen molar-refractivity contribution in [1.82, 2.24) is 10.6 Å². The van der Waals surface area contributed by atoms with Gasteiger partial charge in [0.1, 0.15) is 5.75 Å². The highest BCUT2D eigenvalue weighted by atomic mass is 79.9. The number of piperidine rings is 1. The van der Waals surface area contributed by atoms with Crippen molar-refractivity contribution >= 4 is 21.8 Å². The second-order valence-electron chi connectivity index (χ2n) is 5.89. The van der Waals surface area contributed by atoms with Crippen molar-refractivity contribution in [2.45, 2.75) is 39.3 Å². The Hall–Kier alpha value is -1.07. The average Bonchev–Trinajstić information content (AvgIpc) is 2.40. The van der Waals surface area contributed by atoms with Gasteiger partial charge in [0.05, 0.1) is 6.10 Å². The standard InChI is InChI=1S/C16H23BrN2O2/c1-10(2)21-14-7-12(6-13(17)8-14)16(20)19-15-9-18-5-4-11(15)3/h6-8,10-11,15,18H,4-5,9H2,1-3H3,(H,19,20). The molecule has 1 heterocycles. The van der Waals surface area contributed by atoms with Crippen molar-refractivity contribution in [2.24, 2.45) is 5.92 Å². The first-order valence-electron chi connectivity index (χ1n) is 7.44. The van der Waals surface area contributed by atoms with Gasteiger partial charge in [-0.3, -0.25) is 4.79 Å². The molecule has 1 saturated heterocycles. The lowest BCUT2D eigenvalue weighted by atomic mass is 9.94. The van der Waals surface area contributed by atoms with E-state index in [1.165, 1.54) is 0 Å². The Morgan fingerprint density at radius 3 is 2.86 bits per heavy atom. The molecule has 0 aliphatic carbocycles. The number of halogens is 1. The van der Waals surface area contributed by atoms with Crippen LogP contribution in [-0.4, -0.2) is 31.1 Å². The summed E-state index contributed by atoms with van der Waals surface area (Å²) in [7, 11) is 0. The van der Waals surface area contributed by atoms with E-state index < -0.39 is 0 Å². The smallest absolute Gasteiger partial charge is 0.251 e. The summed E-state index contributed by atoms with van der Waals surface area (Å²) in [5.74, 6) is 1.15. The molecule has 1 aliphatic rings. The SMILES string of the molecule is CC(C)Oc1cc(Br)cc(C(=O)NC2CNCCC2C)c1. The predicted molar refractivity (Wildman–Crippen MR) is 87.8 cm³/mol. The third kappa shape index (κ3) is 4.71. The zero-order valence-electron chi connectivity index (χ0n) is 12.8. The summed E-state index contributed by atoms with van der Waals surface area (Å²) in [6, 6.07) is 5.67. The third-order valence-electron chi connectivity index (χ3n) is 3.65. The summed E-state index contributed by atoms with van der Waals surface area (Å²) in [5, 5.41) is 6.44. The molecule has 0 bridgehead atoms. The maximum absolute atomic E-state index is 12.4. The molecule has 2 N–H and O–H groups in total. The molecule has 5 heteroatoms. The topological polar surface area (TPSA) is 50.4 Å². The lowest BCUT2D eigenvalue weighted by molar-refractivity contribution is 0.0914. The molecule has 116 valence electrons. The van der Waals surface area contributed by atoms with E-state index in [-0.39, 0.29) is 18.1 Å². The average molecular weight is 355 g/mol. The number of carbonyl (C=O) groups is 1. The number of ether oxygens (including phenoxy) is 1.